The molecule has 18 heavy (non-hydrogen) atoms. The number of rotatable bonds is 2. The van der Waals surface area contributed by atoms with Gasteiger partial charge in [0.05, 0.1) is 11.7 Å². The molecule has 3 N–H and O–H groups in total. The third kappa shape index (κ3) is 2.57. The minimum atomic E-state index is -0.730. The Morgan fingerprint density at radius 2 is 2.33 bits per heavy atom. The van der Waals surface area contributed by atoms with Gasteiger partial charge in [-0.1, -0.05) is 29.8 Å². The lowest BCUT2D eigenvalue weighted by Crippen LogP contribution is -2.24. The topological polar surface area (TPSA) is 80.4 Å². The van der Waals surface area contributed by atoms with Gasteiger partial charge in [0.2, 0.25) is 0 Å². The van der Waals surface area contributed by atoms with Crippen molar-refractivity contribution >= 4 is 34.7 Å². The standard InChI is InChI=1S/C12H11ClN4O/c1-7-3-2-4-8-5-9(6-15-17-12(14)18)11(13)16-10(7)8/h2-6H,1H3,(H3,14,17,18)/b15-6+. The van der Waals surface area contributed by atoms with E-state index in [4.69, 9.17) is 17.3 Å². The summed E-state index contributed by atoms with van der Waals surface area (Å²) >= 11 is 6.04. The Morgan fingerprint density at radius 1 is 1.56 bits per heavy atom. The minimum Gasteiger partial charge on any atom is -0.350 e. The zero-order chi connectivity index (χ0) is 13.1. The molecule has 1 aromatic heterocycles. The van der Waals surface area contributed by atoms with E-state index < -0.39 is 6.03 Å². The van der Waals surface area contributed by atoms with Gasteiger partial charge in [-0.15, -0.1) is 0 Å². The zero-order valence-electron chi connectivity index (χ0n) is 9.64. The van der Waals surface area contributed by atoms with E-state index in [2.05, 4.69) is 15.5 Å². The summed E-state index contributed by atoms with van der Waals surface area (Å²) in [6, 6.07) is 6.96. The van der Waals surface area contributed by atoms with E-state index >= 15 is 0 Å². The van der Waals surface area contributed by atoms with Gasteiger partial charge in [-0.2, -0.15) is 5.10 Å². The number of urea groups is 1. The molecule has 0 aliphatic heterocycles. The normalized spacial score (nSPS) is 11.0. The molecule has 0 saturated heterocycles. The van der Waals surface area contributed by atoms with Crippen molar-refractivity contribution in [2.24, 2.45) is 10.8 Å². The van der Waals surface area contributed by atoms with E-state index in [9.17, 15) is 4.79 Å². The average molecular weight is 263 g/mol. The fourth-order valence-corrected chi connectivity index (χ4v) is 1.78. The van der Waals surface area contributed by atoms with Gasteiger partial charge in [0.1, 0.15) is 5.15 Å². The van der Waals surface area contributed by atoms with E-state index in [0.717, 1.165) is 16.5 Å². The molecular formula is C12H11ClN4O. The summed E-state index contributed by atoms with van der Waals surface area (Å²) in [4.78, 5) is 14.8. The van der Waals surface area contributed by atoms with Gasteiger partial charge < -0.3 is 5.73 Å². The molecule has 0 atom stereocenters. The Bertz CT molecular complexity index is 639. The highest BCUT2D eigenvalue weighted by Gasteiger charge is 2.04. The lowest BCUT2D eigenvalue weighted by Gasteiger charge is -2.04. The molecule has 0 unspecified atom stereocenters. The number of hydrogen-bond acceptors (Lipinski definition) is 3. The lowest BCUT2D eigenvalue weighted by molar-refractivity contribution is 0.249. The van der Waals surface area contributed by atoms with Crippen LogP contribution in [-0.2, 0) is 0 Å². The number of nitrogens with one attached hydrogen (secondary N) is 1. The average Bonchev–Trinajstić information content (AvgIpc) is 2.31. The number of carbonyl (C=O) groups excluding carboxylic acids is 1. The first-order chi connectivity index (χ1) is 8.58. The second kappa shape index (κ2) is 5.01. The van der Waals surface area contributed by atoms with Crippen LogP contribution >= 0.6 is 11.6 Å². The van der Waals surface area contributed by atoms with E-state index in [0.29, 0.717) is 10.7 Å². The third-order valence-corrected chi connectivity index (χ3v) is 2.71. The largest absolute Gasteiger partial charge is 0.350 e. The number of aryl methyl sites for hydroxylation is 1. The molecular weight excluding hydrogens is 252 g/mol. The molecule has 1 heterocycles. The number of hydrogen-bond donors (Lipinski definition) is 2. The maximum Gasteiger partial charge on any atom is 0.332 e. The fraction of sp³-hybridized carbons (Fsp3) is 0.0833. The summed E-state index contributed by atoms with van der Waals surface area (Å²) in [6.07, 6.45) is 1.40. The van der Waals surface area contributed by atoms with Gasteiger partial charge in [0, 0.05) is 10.9 Å². The van der Waals surface area contributed by atoms with Crippen molar-refractivity contribution in [3.8, 4) is 0 Å². The smallest absolute Gasteiger partial charge is 0.332 e. The number of amides is 2. The predicted molar refractivity (Wildman–Crippen MR) is 71.8 cm³/mol. The van der Waals surface area contributed by atoms with Gasteiger partial charge in [-0.05, 0) is 18.6 Å². The Labute approximate surface area is 109 Å². The van der Waals surface area contributed by atoms with Crippen molar-refractivity contribution in [1.82, 2.24) is 10.4 Å². The number of halogens is 1. The van der Waals surface area contributed by atoms with Crippen LogP contribution in [0.4, 0.5) is 4.79 Å². The molecule has 0 bridgehead atoms. The van der Waals surface area contributed by atoms with Gasteiger partial charge in [0.15, 0.2) is 0 Å². The quantitative estimate of drug-likeness (QED) is 0.494. The number of nitrogens with zero attached hydrogens (tertiary/aromatic N) is 2. The van der Waals surface area contributed by atoms with Gasteiger partial charge in [0.25, 0.3) is 0 Å². The second-order valence-corrected chi connectivity index (χ2v) is 4.11. The van der Waals surface area contributed by atoms with Crippen LogP contribution in [0, 0.1) is 6.92 Å². The fourth-order valence-electron chi connectivity index (χ4n) is 1.60. The summed E-state index contributed by atoms with van der Waals surface area (Å²) in [5, 5.41) is 4.94. The van der Waals surface area contributed by atoms with Gasteiger partial charge >= 0.3 is 6.03 Å². The number of carbonyl (C=O) groups is 1. The molecule has 2 rings (SSSR count). The Morgan fingerprint density at radius 3 is 3.06 bits per heavy atom. The summed E-state index contributed by atoms with van der Waals surface area (Å²) in [5.41, 5.74) is 9.51. The number of fused-ring (bicyclic) bond motifs is 1. The maximum absolute atomic E-state index is 10.5. The molecule has 0 aliphatic rings. The maximum atomic E-state index is 10.5. The van der Waals surface area contributed by atoms with Crippen molar-refractivity contribution in [2.75, 3.05) is 0 Å². The van der Waals surface area contributed by atoms with Crippen LogP contribution in [0.15, 0.2) is 29.4 Å². The zero-order valence-corrected chi connectivity index (χ0v) is 10.4. The van der Waals surface area contributed by atoms with Crippen LogP contribution in [-0.4, -0.2) is 17.2 Å². The highest BCUT2D eigenvalue weighted by Crippen LogP contribution is 2.21. The first kappa shape index (κ1) is 12.3. The third-order valence-electron chi connectivity index (χ3n) is 2.41. The number of aromatic nitrogens is 1. The molecule has 0 radical (unpaired) electrons. The van der Waals surface area contributed by atoms with Crippen LogP contribution in [0.3, 0.4) is 0 Å². The number of hydrazone groups is 1. The number of benzene rings is 1. The first-order valence-electron chi connectivity index (χ1n) is 5.22. The monoisotopic (exact) mass is 262 g/mol. The Balaban J connectivity index is 2.44. The summed E-state index contributed by atoms with van der Waals surface area (Å²) < 4.78 is 0. The summed E-state index contributed by atoms with van der Waals surface area (Å²) in [6.45, 7) is 1.97. The van der Waals surface area contributed by atoms with Crippen LogP contribution in [0.25, 0.3) is 10.9 Å². The molecule has 0 aliphatic carbocycles. The van der Waals surface area contributed by atoms with Gasteiger partial charge in [-0.25, -0.2) is 15.2 Å². The number of pyridine rings is 1. The van der Waals surface area contributed by atoms with E-state index in [1.165, 1.54) is 6.21 Å². The molecule has 0 saturated carbocycles. The Kier molecular flexibility index (Phi) is 3.43. The van der Waals surface area contributed by atoms with Crippen molar-refractivity contribution in [1.29, 1.82) is 0 Å². The van der Waals surface area contributed by atoms with Crippen molar-refractivity contribution in [2.45, 2.75) is 6.92 Å². The number of primary amides is 1. The predicted octanol–water partition coefficient (Wildman–Crippen LogP) is 2.20. The Hall–Kier alpha value is -2.14. The molecule has 0 fully saturated rings. The van der Waals surface area contributed by atoms with E-state index in [1.54, 1.807) is 0 Å². The van der Waals surface area contributed by atoms with E-state index in [-0.39, 0.29) is 0 Å². The lowest BCUT2D eigenvalue weighted by atomic mass is 10.1. The molecule has 2 aromatic rings. The molecule has 2 amide bonds. The van der Waals surface area contributed by atoms with Crippen molar-refractivity contribution < 1.29 is 4.79 Å². The molecule has 0 spiro atoms. The first-order valence-corrected chi connectivity index (χ1v) is 5.60. The van der Waals surface area contributed by atoms with Crippen LogP contribution in [0.5, 0.6) is 0 Å². The summed E-state index contributed by atoms with van der Waals surface area (Å²) in [7, 11) is 0. The molecule has 92 valence electrons. The SMILES string of the molecule is Cc1cccc2cc(/C=N/NC(N)=O)c(Cl)nc12. The minimum absolute atomic E-state index is 0.326. The molecule has 5 nitrogen and oxygen atoms in total. The van der Waals surface area contributed by atoms with Crippen LogP contribution in [0.1, 0.15) is 11.1 Å². The van der Waals surface area contributed by atoms with Crippen molar-refractivity contribution in [3.63, 3.8) is 0 Å². The second-order valence-electron chi connectivity index (χ2n) is 3.75. The van der Waals surface area contributed by atoms with Crippen LogP contribution < -0.4 is 11.2 Å². The van der Waals surface area contributed by atoms with E-state index in [1.807, 2.05) is 31.2 Å². The highest BCUT2D eigenvalue weighted by atomic mass is 35.5. The van der Waals surface area contributed by atoms with Crippen LogP contribution in [0.2, 0.25) is 5.15 Å². The van der Waals surface area contributed by atoms with Crippen molar-refractivity contribution in [3.05, 3.63) is 40.5 Å². The summed E-state index contributed by atoms with van der Waals surface area (Å²) in [5.74, 6) is 0. The van der Waals surface area contributed by atoms with Gasteiger partial charge in [-0.3, -0.25) is 0 Å². The highest BCUT2D eigenvalue weighted by molar-refractivity contribution is 6.32. The molecule has 6 heteroatoms. The number of nitrogens with two attached hydrogens (primary N) is 1. The number of para-hydroxylation sites is 1. The molecule has 1 aromatic carbocycles.